The fourth-order valence-electron chi connectivity index (χ4n) is 2.17. The number of hydrogen-bond donors (Lipinski definition) is 3. The number of urea groups is 1. The zero-order valence-corrected chi connectivity index (χ0v) is 9.97. The van der Waals surface area contributed by atoms with E-state index in [0.717, 1.165) is 0 Å². The van der Waals surface area contributed by atoms with Crippen molar-refractivity contribution < 1.29 is 9.59 Å². The molecule has 0 atom stereocenters. The number of nitrogens with one attached hydrogen (secondary N) is 3. The number of para-hydroxylation sites is 2. The first-order valence-corrected chi connectivity index (χ1v) is 5.50. The topological polar surface area (TPSA) is 101 Å². The molecule has 0 bridgehead atoms. The van der Waals surface area contributed by atoms with Gasteiger partial charge in [0.2, 0.25) is 0 Å². The maximum Gasteiger partial charge on any atom is 0.346 e. The molecule has 0 saturated carbocycles. The molecule has 2 heterocycles. The highest BCUT2D eigenvalue weighted by molar-refractivity contribution is 6.08. The minimum absolute atomic E-state index is 0.0922. The van der Waals surface area contributed by atoms with E-state index in [4.69, 9.17) is 5.53 Å². The van der Waals surface area contributed by atoms with Gasteiger partial charge in [0.1, 0.15) is 0 Å². The molecule has 3 N–H and O–H groups in total. The number of nitrogens with zero attached hydrogens (tertiary/aromatic N) is 3. The summed E-state index contributed by atoms with van der Waals surface area (Å²) in [6.45, 7) is 0. The van der Waals surface area contributed by atoms with Crippen LogP contribution in [0.5, 0.6) is 0 Å². The van der Waals surface area contributed by atoms with Crippen LogP contribution in [0.15, 0.2) is 40.9 Å². The predicted octanol–water partition coefficient (Wildman–Crippen LogP) is 1.22. The Morgan fingerprint density at radius 3 is 2.84 bits per heavy atom. The maximum absolute atomic E-state index is 12.0. The van der Waals surface area contributed by atoms with Crippen molar-refractivity contribution in [3.8, 4) is 0 Å². The highest BCUT2D eigenvalue weighted by Gasteiger charge is 2.40. The molecule has 0 radical (unpaired) electrons. The number of benzene rings is 1. The van der Waals surface area contributed by atoms with Crippen LogP contribution in [-0.4, -0.2) is 24.0 Å². The fraction of sp³-hybridized carbons (Fsp3) is 0.0909. The smallest absolute Gasteiger partial charge is 0.346 e. The lowest BCUT2D eigenvalue weighted by molar-refractivity contribution is -0.115. The van der Waals surface area contributed by atoms with E-state index in [-0.39, 0.29) is 11.7 Å². The largest absolute Gasteiger partial charge is 0.346 e. The molecule has 2 aliphatic rings. The molecule has 1 fully saturated rings. The van der Waals surface area contributed by atoms with Gasteiger partial charge >= 0.3 is 11.9 Å². The quantitative estimate of drug-likeness (QED) is 0.659. The van der Waals surface area contributed by atoms with Crippen molar-refractivity contribution in [3.63, 3.8) is 0 Å². The third-order valence-electron chi connectivity index (χ3n) is 2.94. The Labute approximate surface area is 108 Å². The van der Waals surface area contributed by atoms with Gasteiger partial charge in [-0.05, 0) is 12.1 Å². The van der Waals surface area contributed by atoms with Gasteiger partial charge in [-0.25, -0.2) is 20.7 Å². The minimum Gasteiger partial charge on any atom is -0.346 e. The van der Waals surface area contributed by atoms with Crippen LogP contribution in [0.4, 0.5) is 16.2 Å². The second-order valence-electron chi connectivity index (χ2n) is 4.07. The highest BCUT2D eigenvalue weighted by atomic mass is 16.2. The number of hydrogen-bond acceptors (Lipinski definition) is 5. The van der Waals surface area contributed by atoms with E-state index in [1.165, 1.54) is 9.91 Å². The van der Waals surface area contributed by atoms with Gasteiger partial charge < -0.3 is 5.32 Å². The molecule has 2 aliphatic heterocycles. The first-order chi connectivity index (χ1) is 9.13. The number of hydrazine groups is 1. The minimum atomic E-state index is -0.738. The maximum atomic E-state index is 12.0. The van der Waals surface area contributed by atoms with Crippen LogP contribution in [0.2, 0.25) is 0 Å². The first kappa shape index (κ1) is 11.2. The van der Waals surface area contributed by atoms with E-state index >= 15 is 0 Å². The van der Waals surface area contributed by atoms with Crippen LogP contribution in [0.1, 0.15) is 0 Å². The normalized spacial score (nSPS) is 16.6. The van der Waals surface area contributed by atoms with Crippen molar-refractivity contribution in [2.45, 2.75) is 0 Å². The van der Waals surface area contributed by atoms with Crippen molar-refractivity contribution in [1.82, 2.24) is 10.4 Å². The van der Waals surface area contributed by atoms with E-state index in [1.807, 2.05) is 0 Å². The van der Waals surface area contributed by atoms with Gasteiger partial charge in [0.15, 0.2) is 11.5 Å². The van der Waals surface area contributed by atoms with Gasteiger partial charge in [0.25, 0.3) is 0 Å². The lowest BCUT2D eigenvalue weighted by Crippen LogP contribution is -2.33. The zero-order chi connectivity index (χ0) is 13.6. The molecular weight excluding hydrogens is 248 g/mol. The summed E-state index contributed by atoms with van der Waals surface area (Å²) in [6, 6.07) is 6.73. The Morgan fingerprint density at radius 1 is 1.37 bits per heavy atom. The molecule has 0 unspecified atom stereocenters. The van der Waals surface area contributed by atoms with Crippen LogP contribution in [-0.2, 0) is 4.79 Å². The second-order valence-corrected chi connectivity index (χ2v) is 4.07. The van der Waals surface area contributed by atoms with Gasteiger partial charge in [-0.2, -0.15) is 0 Å². The van der Waals surface area contributed by atoms with Crippen LogP contribution >= 0.6 is 0 Å². The third kappa shape index (κ3) is 1.46. The molecule has 19 heavy (non-hydrogen) atoms. The Bertz CT molecular complexity index is 638. The molecule has 8 heteroatoms. The lowest BCUT2D eigenvalue weighted by atomic mass is 10.2. The van der Waals surface area contributed by atoms with Crippen molar-refractivity contribution >= 4 is 23.3 Å². The SMILES string of the molecule is CN1NC(=O)N2C1=C(C(=O)N=N)Nc1ccccc12. The number of anilines is 2. The van der Waals surface area contributed by atoms with E-state index in [1.54, 1.807) is 31.3 Å². The summed E-state index contributed by atoms with van der Waals surface area (Å²) in [5.74, 6) is -0.400. The molecule has 8 nitrogen and oxygen atoms in total. The van der Waals surface area contributed by atoms with Crippen LogP contribution in [0, 0.1) is 5.53 Å². The summed E-state index contributed by atoms with van der Waals surface area (Å²) in [7, 11) is 1.61. The van der Waals surface area contributed by atoms with Crippen molar-refractivity contribution in [2.75, 3.05) is 17.3 Å². The van der Waals surface area contributed by atoms with Crippen LogP contribution in [0.25, 0.3) is 0 Å². The van der Waals surface area contributed by atoms with Gasteiger partial charge in [-0.1, -0.05) is 12.1 Å². The molecule has 3 amide bonds. The van der Waals surface area contributed by atoms with Gasteiger partial charge in [0, 0.05) is 7.05 Å². The van der Waals surface area contributed by atoms with Crippen molar-refractivity contribution in [2.24, 2.45) is 5.11 Å². The molecule has 1 aromatic rings. The molecular formula is C11H10N6O2. The molecule has 96 valence electrons. The molecule has 0 aliphatic carbocycles. The summed E-state index contributed by atoms with van der Waals surface area (Å²) in [5, 5.41) is 7.23. The molecule has 0 spiro atoms. The number of amides is 3. The van der Waals surface area contributed by atoms with Gasteiger partial charge in [-0.3, -0.25) is 9.80 Å². The summed E-state index contributed by atoms with van der Waals surface area (Å²) < 4.78 is 0. The summed E-state index contributed by atoms with van der Waals surface area (Å²) in [5.41, 5.74) is 10.8. The zero-order valence-electron chi connectivity index (χ0n) is 9.97. The van der Waals surface area contributed by atoms with Crippen molar-refractivity contribution in [1.29, 1.82) is 5.53 Å². The average Bonchev–Trinajstić information content (AvgIpc) is 2.73. The number of fused-ring (bicyclic) bond motifs is 3. The molecule has 1 saturated heterocycles. The Hall–Kier alpha value is -2.90. The average molecular weight is 258 g/mol. The van der Waals surface area contributed by atoms with Crippen LogP contribution in [0.3, 0.4) is 0 Å². The van der Waals surface area contributed by atoms with E-state index in [9.17, 15) is 9.59 Å². The molecule has 0 aromatic heterocycles. The Kier molecular flexibility index (Phi) is 2.24. The Morgan fingerprint density at radius 2 is 2.11 bits per heavy atom. The van der Waals surface area contributed by atoms with Crippen LogP contribution < -0.4 is 15.6 Å². The summed E-state index contributed by atoms with van der Waals surface area (Å²) in [4.78, 5) is 25.0. The lowest BCUT2D eigenvalue weighted by Gasteiger charge is -2.28. The van der Waals surface area contributed by atoms with E-state index in [0.29, 0.717) is 17.2 Å². The summed E-state index contributed by atoms with van der Waals surface area (Å²) in [6.07, 6.45) is 0. The number of carbonyl (C=O) groups excluding carboxylic acids is 2. The van der Waals surface area contributed by atoms with E-state index in [2.05, 4.69) is 15.9 Å². The standard InChI is InChI=1S/C11H10N6O2/c1-16-10-8(9(18)14-12)13-6-4-2-3-5-7(6)17(10)11(19)15-16/h2-5,12-13H,1H3,(H,15,19). The van der Waals surface area contributed by atoms with E-state index < -0.39 is 5.91 Å². The summed E-state index contributed by atoms with van der Waals surface area (Å²) >= 11 is 0. The van der Waals surface area contributed by atoms with Gasteiger partial charge in [0.05, 0.1) is 11.4 Å². The number of carbonyl (C=O) groups is 2. The first-order valence-electron chi connectivity index (χ1n) is 5.50. The molecule has 3 rings (SSSR count). The monoisotopic (exact) mass is 258 g/mol. The Balaban J connectivity index is 2.23. The second kappa shape index (κ2) is 3.80. The molecule has 1 aromatic carbocycles. The predicted molar refractivity (Wildman–Crippen MR) is 66.0 cm³/mol. The highest BCUT2D eigenvalue weighted by Crippen LogP contribution is 2.38. The number of rotatable bonds is 1. The third-order valence-corrected chi connectivity index (χ3v) is 2.94. The fourth-order valence-corrected chi connectivity index (χ4v) is 2.17. The van der Waals surface area contributed by atoms with Gasteiger partial charge in [-0.15, -0.1) is 5.11 Å². The van der Waals surface area contributed by atoms with Crippen molar-refractivity contribution in [3.05, 3.63) is 35.8 Å².